The van der Waals surface area contributed by atoms with Crippen molar-refractivity contribution in [3.8, 4) is 0 Å². The van der Waals surface area contributed by atoms with Crippen molar-refractivity contribution in [1.82, 2.24) is 10.2 Å². The number of carbonyl (C=O) groups excluding carboxylic acids is 1. The molecule has 1 aromatic rings. The maximum absolute atomic E-state index is 14.1. The lowest BCUT2D eigenvalue weighted by Gasteiger charge is -2.24. The third kappa shape index (κ3) is 3.40. The molecule has 1 fully saturated rings. The fourth-order valence-electron chi connectivity index (χ4n) is 2.66. The zero-order chi connectivity index (χ0) is 15.4. The Bertz CT molecular complexity index is 497. The third-order valence-electron chi connectivity index (χ3n) is 4.15. The van der Waals surface area contributed by atoms with Gasteiger partial charge in [0.1, 0.15) is 12.0 Å². The molecule has 1 heterocycles. The number of nitrogens with zero attached hydrogens (tertiary/aromatic N) is 1. The van der Waals surface area contributed by atoms with E-state index in [0.29, 0.717) is 12.1 Å². The van der Waals surface area contributed by atoms with Gasteiger partial charge >= 0.3 is 0 Å². The average molecular weight is 310 g/mol. The van der Waals surface area contributed by atoms with Crippen LogP contribution in [0.5, 0.6) is 0 Å². The first-order valence-corrected chi connectivity index (χ1v) is 8.79. The summed E-state index contributed by atoms with van der Waals surface area (Å²) in [4.78, 5) is 14.4. The summed E-state index contributed by atoms with van der Waals surface area (Å²) in [7, 11) is 0. The smallest absolute Gasteiger partial charge is 0.241 e. The van der Waals surface area contributed by atoms with E-state index in [9.17, 15) is 9.18 Å². The summed E-state index contributed by atoms with van der Waals surface area (Å²) in [6.07, 6.45) is 2.58. The average Bonchev–Trinajstić information content (AvgIpc) is 2.81. The van der Waals surface area contributed by atoms with Crippen molar-refractivity contribution in [2.75, 3.05) is 18.6 Å². The third-order valence-corrected chi connectivity index (χ3v) is 4.74. The molecule has 116 valence electrons. The van der Waals surface area contributed by atoms with Crippen LogP contribution in [-0.4, -0.2) is 35.4 Å². The van der Waals surface area contributed by atoms with E-state index in [1.807, 2.05) is 12.3 Å². The summed E-state index contributed by atoms with van der Waals surface area (Å²) in [5.74, 6) is 0.922. The highest BCUT2D eigenvalue weighted by molar-refractivity contribution is 7.98. The van der Waals surface area contributed by atoms with Crippen LogP contribution in [0.4, 0.5) is 4.39 Å². The second kappa shape index (κ2) is 7.27. The first kappa shape index (κ1) is 16.3. The van der Waals surface area contributed by atoms with Gasteiger partial charge in [-0.1, -0.05) is 38.5 Å². The lowest BCUT2D eigenvalue weighted by molar-refractivity contribution is -0.130. The summed E-state index contributed by atoms with van der Waals surface area (Å²) in [5.41, 5.74) is 0.553. The molecule has 5 heteroatoms. The lowest BCUT2D eigenvalue weighted by Crippen LogP contribution is -2.36. The normalized spacial score (nSPS) is 23.6. The van der Waals surface area contributed by atoms with Gasteiger partial charge in [-0.05, 0) is 18.2 Å². The number of carbonyl (C=O) groups is 1. The van der Waals surface area contributed by atoms with Crippen molar-refractivity contribution in [2.24, 2.45) is 5.92 Å². The van der Waals surface area contributed by atoms with Crippen LogP contribution in [-0.2, 0) is 4.79 Å². The molecular formula is C16H23FN2OS. The van der Waals surface area contributed by atoms with Crippen LogP contribution in [0.2, 0.25) is 0 Å². The van der Waals surface area contributed by atoms with Crippen LogP contribution in [0, 0.1) is 11.7 Å². The number of hydrogen-bond donors (Lipinski definition) is 1. The van der Waals surface area contributed by atoms with Gasteiger partial charge < -0.3 is 4.90 Å². The summed E-state index contributed by atoms with van der Waals surface area (Å²) in [6, 6.07) is 6.47. The van der Waals surface area contributed by atoms with Gasteiger partial charge in [-0.25, -0.2) is 4.39 Å². The Morgan fingerprint density at radius 3 is 2.76 bits per heavy atom. The van der Waals surface area contributed by atoms with E-state index >= 15 is 0 Å². The van der Waals surface area contributed by atoms with Crippen LogP contribution >= 0.6 is 11.8 Å². The first-order chi connectivity index (χ1) is 10.1. The fourth-order valence-corrected chi connectivity index (χ4v) is 3.04. The molecule has 3 atom stereocenters. The van der Waals surface area contributed by atoms with E-state index in [1.54, 1.807) is 28.8 Å². The zero-order valence-corrected chi connectivity index (χ0v) is 13.6. The molecule has 2 rings (SSSR count). The maximum atomic E-state index is 14.1. The Morgan fingerprint density at radius 2 is 2.14 bits per heavy atom. The molecule has 3 unspecified atom stereocenters. The van der Waals surface area contributed by atoms with E-state index < -0.39 is 0 Å². The van der Waals surface area contributed by atoms with Crippen molar-refractivity contribution in [3.63, 3.8) is 0 Å². The minimum atomic E-state index is -0.357. The highest BCUT2D eigenvalue weighted by Crippen LogP contribution is 2.30. The predicted octanol–water partition coefficient (Wildman–Crippen LogP) is 3.03. The summed E-state index contributed by atoms with van der Waals surface area (Å²) >= 11 is 1.69. The molecule has 0 aliphatic carbocycles. The monoisotopic (exact) mass is 310 g/mol. The molecule has 1 aliphatic heterocycles. The molecule has 0 radical (unpaired) electrons. The van der Waals surface area contributed by atoms with Gasteiger partial charge in [0.25, 0.3) is 0 Å². The Kier molecular flexibility index (Phi) is 5.65. The van der Waals surface area contributed by atoms with Crippen LogP contribution in [0.3, 0.4) is 0 Å². The minimum Gasteiger partial charge on any atom is -0.321 e. The van der Waals surface area contributed by atoms with E-state index in [1.165, 1.54) is 6.07 Å². The standard InChI is InChI=1S/C16H23FN2OS/c1-4-11(2)14-16(20)19(9-10-21-3)15(18-14)12-7-5-6-8-13(12)17/h5-8,11,14-15,18H,4,9-10H2,1-3H3. The number of rotatable bonds is 6. The maximum Gasteiger partial charge on any atom is 0.241 e. The van der Waals surface area contributed by atoms with E-state index in [2.05, 4.69) is 19.2 Å². The van der Waals surface area contributed by atoms with Crippen molar-refractivity contribution < 1.29 is 9.18 Å². The molecule has 0 bridgehead atoms. The van der Waals surface area contributed by atoms with E-state index in [-0.39, 0.29) is 29.8 Å². The van der Waals surface area contributed by atoms with Gasteiger partial charge in [-0.2, -0.15) is 11.8 Å². The second-order valence-electron chi connectivity index (χ2n) is 5.48. The molecule has 0 aromatic heterocycles. The molecule has 0 spiro atoms. The van der Waals surface area contributed by atoms with Crippen LogP contribution in [0.25, 0.3) is 0 Å². The SMILES string of the molecule is CCC(C)C1NC(c2ccccc2F)N(CCSC)C1=O. The van der Waals surface area contributed by atoms with Gasteiger partial charge in [0.2, 0.25) is 5.91 Å². The first-order valence-electron chi connectivity index (χ1n) is 7.40. The van der Waals surface area contributed by atoms with Crippen LogP contribution < -0.4 is 5.32 Å². The molecule has 1 amide bonds. The second-order valence-corrected chi connectivity index (χ2v) is 6.46. The highest BCUT2D eigenvalue weighted by atomic mass is 32.2. The van der Waals surface area contributed by atoms with Gasteiger partial charge in [0, 0.05) is 17.9 Å². The Balaban J connectivity index is 2.28. The molecule has 3 nitrogen and oxygen atoms in total. The number of nitrogens with one attached hydrogen (secondary N) is 1. The zero-order valence-electron chi connectivity index (χ0n) is 12.8. The molecular weight excluding hydrogens is 287 g/mol. The van der Waals surface area contributed by atoms with E-state index in [4.69, 9.17) is 0 Å². The van der Waals surface area contributed by atoms with Crippen molar-refractivity contribution >= 4 is 17.7 Å². The van der Waals surface area contributed by atoms with Gasteiger partial charge in [-0.15, -0.1) is 0 Å². The number of halogens is 1. The quantitative estimate of drug-likeness (QED) is 0.876. The summed E-state index contributed by atoms with van der Waals surface area (Å²) in [6.45, 7) is 4.77. The fraction of sp³-hybridized carbons (Fsp3) is 0.562. The van der Waals surface area contributed by atoms with Gasteiger partial charge in [0.05, 0.1) is 6.04 Å². The Labute approximate surface area is 130 Å². The number of amides is 1. The minimum absolute atomic E-state index is 0.0895. The number of benzene rings is 1. The van der Waals surface area contributed by atoms with Crippen LogP contribution in [0.1, 0.15) is 32.0 Å². The topological polar surface area (TPSA) is 32.3 Å². The van der Waals surface area contributed by atoms with E-state index in [0.717, 1.165) is 12.2 Å². The number of hydrogen-bond acceptors (Lipinski definition) is 3. The molecule has 1 aromatic carbocycles. The summed E-state index contributed by atoms with van der Waals surface area (Å²) < 4.78 is 14.1. The van der Waals surface area contributed by atoms with Crippen molar-refractivity contribution in [2.45, 2.75) is 32.5 Å². The molecule has 1 saturated heterocycles. The molecule has 0 saturated carbocycles. The Hall–Kier alpha value is -1.07. The summed E-state index contributed by atoms with van der Waals surface area (Å²) in [5, 5.41) is 3.33. The molecule has 1 aliphatic rings. The highest BCUT2D eigenvalue weighted by Gasteiger charge is 2.42. The van der Waals surface area contributed by atoms with Crippen LogP contribution in [0.15, 0.2) is 24.3 Å². The number of thioether (sulfide) groups is 1. The Morgan fingerprint density at radius 1 is 1.43 bits per heavy atom. The lowest BCUT2D eigenvalue weighted by atomic mass is 9.99. The van der Waals surface area contributed by atoms with Gasteiger partial charge in [-0.3, -0.25) is 10.1 Å². The van der Waals surface area contributed by atoms with Crippen molar-refractivity contribution in [3.05, 3.63) is 35.6 Å². The van der Waals surface area contributed by atoms with Gasteiger partial charge in [0.15, 0.2) is 0 Å². The predicted molar refractivity (Wildman–Crippen MR) is 85.6 cm³/mol. The van der Waals surface area contributed by atoms with Crippen molar-refractivity contribution in [1.29, 1.82) is 0 Å². The molecule has 1 N–H and O–H groups in total. The largest absolute Gasteiger partial charge is 0.321 e. The molecule has 21 heavy (non-hydrogen) atoms.